The molecule has 2 N–H and O–H groups in total. The SMILES string of the molecule is CNc1cc(C)nc(N(C)c2nc3c(c(C4=CC[C@H](NC)CC4)c2F)OCC3)c1. The third-order valence-corrected chi connectivity index (χ3v) is 5.76. The van der Waals surface area contributed by atoms with E-state index in [1.165, 1.54) is 0 Å². The first-order valence-corrected chi connectivity index (χ1v) is 10.1. The molecule has 1 aliphatic carbocycles. The van der Waals surface area contributed by atoms with Gasteiger partial charge in [-0.05, 0) is 44.9 Å². The smallest absolute Gasteiger partial charge is 0.177 e. The predicted octanol–water partition coefficient (Wildman–Crippen LogP) is 3.82. The van der Waals surface area contributed by atoms with Crippen LogP contribution in [-0.4, -0.2) is 43.8 Å². The third kappa shape index (κ3) is 3.67. The number of nitrogens with one attached hydrogen (secondary N) is 2. The monoisotopic (exact) mass is 397 g/mol. The van der Waals surface area contributed by atoms with E-state index in [0.717, 1.165) is 41.9 Å². The second-order valence-electron chi connectivity index (χ2n) is 7.65. The van der Waals surface area contributed by atoms with Crippen molar-refractivity contribution < 1.29 is 9.13 Å². The zero-order chi connectivity index (χ0) is 20.5. The Morgan fingerprint density at radius 3 is 2.72 bits per heavy atom. The molecular weight excluding hydrogens is 369 g/mol. The fourth-order valence-electron chi connectivity index (χ4n) is 4.07. The summed E-state index contributed by atoms with van der Waals surface area (Å²) in [5.74, 6) is 1.22. The van der Waals surface area contributed by atoms with E-state index in [1.54, 1.807) is 4.90 Å². The van der Waals surface area contributed by atoms with E-state index in [9.17, 15) is 0 Å². The lowest BCUT2D eigenvalue weighted by Crippen LogP contribution is -2.26. The van der Waals surface area contributed by atoms with E-state index in [4.69, 9.17) is 4.74 Å². The summed E-state index contributed by atoms with van der Waals surface area (Å²) >= 11 is 0. The number of anilines is 3. The minimum Gasteiger partial charge on any atom is -0.491 e. The van der Waals surface area contributed by atoms with Gasteiger partial charge in [-0.3, -0.25) is 0 Å². The highest BCUT2D eigenvalue weighted by Gasteiger charge is 2.30. The van der Waals surface area contributed by atoms with Gasteiger partial charge in [0.2, 0.25) is 0 Å². The Labute approximate surface area is 171 Å². The molecule has 2 aliphatic rings. The topological polar surface area (TPSA) is 62.3 Å². The highest BCUT2D eigenvalue weighted by Crippen LogP contribution is 2.42. The van der Waals surface area contributed by atoms with Crippen molar-refractivity contribution in [2.45, 2.75) is 38.6 Å². The number of hydrogen-bond donors (Lipinski definition) is 2. The summed E-state index contributed by atoms with van der Waals surface area (Å²) in [7, 11) is 5.64. The fourth-order valence-corrected chi connectivity index (χ4v) is 4.07. The van der Waals surface area contributed by atoms with Gasteiger partial charge >= 0.3 is 0 Å². The second kappa shape index (κ2) is 7.99. The summed E-state index contributed by atoms with van der Waals surface area (Å²) < 4.78 is 21.6. The molecule has 154 valence electrons. The van der Waals surface area contributed by atoms with Gasteiger partial charge in [-0.1, -0.05) is 6.08 Å². The van der Waals surface area contributed by atoms with Crippen molar-refractivity contribution >= 4 is 22.9 Å². The van der Waals surface area contributed by atoms with Crippen LogP contribution < -0.4 is 20.3 Å². The zero-order valence-electron chi connectivity index (χ0n) is 17.5. The van der Waals surface area contributed by atoms with Gasteiger partial charge in [-0.15, -0.1) is 0 Å². The van der Waals surface area contributed by atoms with Gasteiger partial charge in [0.1, 0.15) is 5.82 Å². The standard InChI is InChI=1S/C22H28FN5O/c1-13-11-16(25-3)12-18(26-13)28(4)22-20(23)19(21-17(27-22)9-10-29-21)14-5-7-15(24-2)8-6-14/h5,11-12,15,24H,6-10H2,1-4H3,(H,25,26)/t15-/m0/s1. The minimum absolute atomic E-state index is 0.293. The molecule has 2 aromatic heterocycles. The zero-order valence-corrected chi connectivity index (χ0v) is 17.5. The summed E-state index contributed by atoms with van der Waals surface area (Å²) in [4.78, 5) is 10.9. The number of pyridine rings is 2. The first kappa shape index (κ1) is 19.6. The second-order valence-corrected chi connectivity index (χ2v) is 7.65. The molecule has 0 saturated heterocycles. The quantitative estimate of drug-likeness (QED) is 0.800. The number of rotatable bonds is 5. The molecule has 29 heavy (non-hydrogen) atoms. The van der Waals surface area contributed by atoms with Crippen LogP contribution >= 0.6 is 0 Å². The Morgan fingerprint density at radius 2 is 2.03 bits per heavy atom. The van der Waals surface area contributed by atoms with Gasteiger partial charge in [0, 0.05) is 44.0 Å². The average molecular weight is 397 g/mol. The Hall–Kier alpha value is -2.67. The summed E-state index contributed by atoms with van der Waals surface area (Å²) in [5, 5.41) is 6.43. The Bertz CT molecular complexity index is 959. The maximum Gasteiger partial charge on any atom is 0.177 e. The van der Waals surface area contributed by atoms with Crippen LogP contribution in [0.5, 0.6) is 5.75 Å². The van der Waals surface area contributed by atoms with E-state index in [2.05, 4.69) is 26.7 Å². The van der Waals surface area contributed by atoms with Crippen LogP contribution in [0.15, 0.2) is 18.2 Å². The molecule has 0 radical (unpaired) electrons. The van der Waals surface area contributed by atoms with Crippen molar-refractivity contribution in [1.82, 2.24) is 15.3 Å². The molecule has 1 aliphatic heterocycles. The van der Waals surface area contributed by atoms with Gasteiger partial charge < -0.3 is 20.3 Å². The lowest BCUT2D eigenvalue weighted by molar-refractivity contribution is 0.353. The number of nitrogens with zero attached hydrogens (tertiary/aromatic N) is 3. The number of halogens is 1. The Morgan fingerprint density at radius 1 is 1.21 bits per heavy atom. The van der Waals surface area contributed by atoms with Gasteiger partial charge in [0.05, 0.1) is 17.9 Å². The maximum atomic E-state index is 15.8. The van der Waals surface area contributed by atoms with Crippen LogP contribution in [-0.2, 0) is 6.42 Å². The maximum absolute atomic E-state index is 15.8. The molecule has 0 bridgehead atoms. The van der Waals surface area contributed by atoms with Crippen LogP contribution in [0, 0.1) is 12.7 Å². The largest absolute Gasteiger partial charge is 0.491 e. The van der Waals surface area contributed by atoms with E-state index in [0.29, 0.717) is 42.0 Å². The number of allylic oxidation sites excluding steroid dienone is 1. The van der Waals surface area contributed by atoms with Crippen LogP contribution in [0.3, 0.4) is 0 Å². The van der Waals surface area contributed by atoms with E-state index >= 15 is 4.39 Å². The number of aryl methyl sites for hydroxylation is 1. The van der Waals surface area contributed by atoms with Gasteiger partial charge in [-0.2, -0.15) is 0 Å². The normalized spacial score (nSPS) is 18.1. The molecule has 0 saturated carbocycles. The average Bonchev–Trinajstić information content (AvgIpc) is 3.20. The number of fused-ring (bicyclic) bond motifs is 1. The van der Waals surface area contributed by atoms with Crippen molar-refractivity contribution in [2.75, 3.05) is 38.0 Å². The molecule has 1 atom stereocenters. The van der Waals surface area contributed by atoms with Crippen molar-refractivity contribution in [1.29, 1.82) is 0 Å². The van der Waals surface area contributed by atoms with Crippen LogP contribution in [0.4, 0.5) is 21.7 Å². The van der Waals surface area contributed by atoms with Crippen molar-refractivity contribution in [2.24, 2.45) is 0 Å². The molecule has 0 unspecified atom stereocenters. The van der Waals surface area contributed by atoms with Crippen LogP contribution in [0.1, 0.15) is 36.2 Å². The molecule has 0 fully saturated rings. The first-order valence-electron chi connectivity index (χ1n) is 10.1. The Balaban J connectivity index is 1.80. The molecule has 0 aromatic carbocycles. The van der Waals surface area contributed by atoms with Gasteiger partial charge in [-0.25, -0.2) is 14.4 Å². The summed E-state index contributed by atoms with van der Waals surface area (Å²) in [6, 6.07) is 4.29. The number of ether oxygens (including phenoxy) is 1. The Kier molecular flexibility index (Phi) is 5.41. The summed E-state index contributed by atoms with van der Waals surface area (Å²) in [5.41, 5.74) is 4.19. The molecule has 0 amide bonds. The summed E-state index contributed by atoms with van der Waals surface area (Å²) in [6.45, 7) is 2.47. The lowest BCUT2D eigenvalue weighted by atomic mass is 9.90. The lowest BCUT2D eigenvalue weighted by Gasteiger charge is -2.25. The third-order valence-electron chi connectivity index (χ3n) is 5.76. The van der Waals surface area contributed by atoms with Crippen molar-refractivity contribution in [3.63, 3.8) is 0 Å². The number of hydrogen-bond acceptors (Lipinski definition) is 6. The molecule has 2 aromatic rings. The van der Waals surface area contributed by atoms with Gasteiger partial charge in [0.25, 0.3) is 0 Å². The highest BCUT2D eigenvalue weighted by molar-refractivity contribution is 5.77. The minimum atomic E-state index is -0.336. The summed E-state index contributed by atoms with van der Waals surface area (Å²) in [6.07, 6.45) is 5.52. The fraction of sp³-hybridized carbons (Fsp3) is 0.455. The first-order chi connectivity index (χ1) is 14.0. The van der Waals surface area contributed by atoms with Gasteiger partial charge in [0.15, 0.2) is 17.4 Å². The highest BCUT2D eigenvalue weighted by atomic mass is 19.1. The predicted molar refractivity (Wildman–Crippen MR) is 115 cm³/mol. The molecule has 3 heterocycles. The van der Waals surface area contributed by atoms with Crippen LogP contribution in [0.2, 0.25) is 0 Å². The van der Waals surface area contributed by atoms with Crippen molar-refractivity contribution in [3.8, 4) is 5.75 Å². The number of aromatic nitrogens is 2. The molecular formula is C22H28FN5O. The molecule has 6 nitrogen and oxygen atoms in total. The van der Waals surface area contributed by atoms with E-state index in [-0.39, 0.29) is 5.82 Å². The van der Waals surface area contributed by atoms with E-state index in [1.807, 2.05) is 40.2 Å². The van der Waals surface area contributed by atoms with E-state index < -0.39 is 0 Å². The molecule has 4 rings (SSSR count). The van der Waals surface area contributed by atoms with Crippen molar-refractivity contribution in [3.05, 3.63) is 41.0 Å². The van der Waals surface area contributed by atoms with Crippen LogP contribution in [0.25, 0.3) is 5.57 Å². The molecule has 0 spiro atoms. The molecule has 7 heteroatoms.